The molecule has 0 aromatic heterocycles. The highest BCUT2D eigenvalue weighted by Gasteiger charge is 2.14. The summed E-state index contributed by atoms with van der Waals surface area (Å²) < 4.78 is 4.99. The average Bonchev–Trinajstić information content (AvgIpc) is 2.22. The summed E-state index contributed by atoms with van der Waals surface area (Å²) in [6, 6.07) is 0.382. The molecule has 102 valence electrons. The molecule has 0 aromatic rings. The van der Waals surface area contributed by atoms with E-state index in [-0.39, 0.29) is 0 Å². The van der Waals surface area contributed by atoms with Crippen molar-refractivity contribution in [2.75, 3.05) is 40.9 Å². The number of methoxy groups -OCH3 is 1. The van der Waals surface area contributed by atoms with E-state index < -0.39 is 0 Å². The Morgan fingerprint density at radius 1 is 1.35 bits per heavy atom. The predicted molar refractivity (Wildman–Crippen MR) is 77.4 cm³/mol. The van der Waals surface area contributed by atoms with E-state index in [4.69, 9.17) is 17.0 Å². The first kappa shape index (κ1) is 16.6. The number of nitrogens with zero attached hydrogens (tertiary/aromatic N) is 1. The van der Waals surface area contributed by atoms with Gasteiger partial charge in [-0.25, -0.2) is 0 Å². The molecule has 0 rings (SSSR count). The van der Waals surface area contributed by atoms with Crippen molar-refractivity contribution in [3.8, 4) is 0 Å². The lowest BCUT2D eigenvalue weighted by atomic mass is 10.0. The van der Waals surface area contributed by atoms with E-state index in [0.29, 0.717) is 12.0 Å². The Kier molecular flexibility index (Phi) is 9.40. The van der Waals surface area contributed by atoms with E-state index in [1.165, 1.54) is 0 Å². The van der Waals surface area contributed by atoms with Crippen molar-refractivity contribution < 1.29 is 4.74 Å². The highest BCUT2D eigenvalue weighted by molar-refractivity contribution is 7.80. The topological polar surface area (TPSA) is 36.5 Å². The summed E-state index contributed by atoms with van der Waals surface area (Å²) >= 11 is 5.27. The Labute approximate surface area is 111 Å². The van der Waals surface area contributed by atoms with Crippen LogP contribution in [0.15, 0.2) is 0 Å². The van der Waals surface area contributed by atoms with Gasteiger partial charge in [0.15, 0.2) is 5.11 Å². The second kappa shape index (κ2) is 9.62. The molecule has 1 atom stereocenters. The van der Waals surface area contributed by atoms with Gasteiger partial charge in [0.2, 0.25) is 0 Å². The minimum Gasteiger partial charge on any atom is -0.385 e. The molecule has 0 aromatic carbocycles. The minimum atomic E-state index is 0.382. The first-order valence-electron chi connectivity index (χ1n) is 6.15. The fraction of sp³-hybridized carbons (Fsp3) is 0.917. The zero-order valence-corrected chi connectivity index (χ0v) is 12.6. The van der Waals surface area contributed by atoms with Crippen LogP contribution >= 0.6 is 12.2 Å². The summed E-state index contributed by atoms with van der Waals surface area (Å²) in [6.45, 7) is 7.01. The fourth-order valence-corrected chi connectivity index (χ4v) is 1.71. The van der Waals surface area contributed by atoms with Crippen LogP contribution in [0.5, 0.6) is 0 Å². The third-order valence-corrected chi connectivity index (χ3v) is 2.76. The molecule has 0 heterocycles. The van der Waals surface area contributed by atoms with Crippen molar-refractivity contribution >= 4 is 17.3 Å². The van der Waals surface area contributed by atoms with Gasteiger partial charge in [0.05, 0.1) is 0 Å². The number of thiocarbonyl (C=S) groups is 1. The minimum absolute atomic E-state index is 0.382. The molecular weight excluding hydrogens is 234 g/mol. The molecule has 4 nitrogen and oxygen atoms in total. The predicted octanol–water partition coefficient (Wildman–Crippen LogP) is 1.07. The monoisotopic (exact) mass is 261 g/mol. The van der Waals surface area contributed by atoms with E-state index in [2.05, 4.69) is 43.5 Å². The normalized spacial score (nSPS) is 12.9. The Balaban J connectivity index is 3.87. The molecule has 0 bridgehead atoms. The van der Waals surface area contributed by atoms with Crippen LogP contribution in [-0.2, 0) is 4.74 Å². The highest BCUT2D eigenvalue weighted by atomic mass is 32.1. The first-order valence-corrected chi connectivity index (χ1v) is 6.56. The van der Waals surface area contributed by atoms with Crippen molar-refractivity contribution in [3.05, 3.63) is 0 Å². The first-order chi connectivity index (χ1) is 7.97. The largest absolute Gasteiger partial charge is 0.385 e. The van der Waals surface area contributed by atoms with Gasteiger partial charge in [0, 0.05) is 32.8 Å². The summed E-state index contributed by atoms with van der Waals surface area (Å²) in [5.74, 6) is 0.552. The molecule has 0 saturated carbocycles. The van der Waals surface area contributed by atoms with Crippen LogP contribution in [-0.4, -0.2) is 57.0 Å². The van der Waals surface area contributed by atoms with Gasteiger partial charge in [-0.15, -0.1) is 0 Å². The Morgan fingerprint density at radius 2 is 2.00 bits per heavy atom. The third kappa shape index (κ3) is 9.32. The molecule has 0 aliphatic heterocycles. The molecule has 0 fully saturated rings. The van der Waals surface area contributed by atoms with Crippen LogP contribution in [0.2, 0.25) is 0 Å². The van der Waals surface area contributed by atoms with Gasteiger partial charge in [-0.1, -0.05) is 13.8 Å². The number of hydrogen-bond donors (Lipinski definition) is 2. The van der Waals surface area contributed by atoms with Gasteiger partial charge in [0.1, 0.15) is 0 Å². The SMILES string of the molecule is COCCCNC(=S)NC(CN(C)C)C(C)C. The molecule has 0 spiro atoms. The van der Waals surface area contributed by atoms with E-state index >= 15 is 0 Å². The molecule has 17 heavy (non-hydrogen) atoms. The lowest BCUT2D eigenvalue weighted by Crippen LogP contribution is -2.48. The molecule has 0 amide bonds. The van der Waals surface area contributed by atoms with Crippen LogP contribution in [0, 0.1) is 5.92 Å². The van der Waals surface area contributed by atoms with E-state index in [0.717, 1.165) is 31.2 Å². The van der Waals surface area contributed by atoms with Crippen molar-refractivity contribution in [1.82, 2.24) is 15.5 Å². The van der Waals surface area contributed by atoms with E-state index in [1.807, 2.05) is 0 Å². The number of hydrogen-bond acceptors (Lipinski definition) is 3. The second-order valence-electron chi connectivity index (χ2n) is 4.86. The van der Waals surface area contributed by atoms with Crippen LogP contribution in [0.4, 0.5) is 0 Å². The Morgan fingerprint density at radius 3 is 2.47 bits per heavy atom. The molecule has 5 heteroatoms. The third-order valence-electron chi connectivity index (χ3n) is 2.49. The zero-order valence-electron chi connectivity index (χ0n) is 11.7. The number of nitrogens with one attached hydrogen (secondary N) is 2. The molecule has 1 unspecified atom stereocenters. The van der Waals surface area contributed by atoms with E-state index in [1.54, 1.807) is 7.11 Å². The lowest BCUT2D eigenvalue weighted by Gasteiger charge is -2.27. The maximum Gasteiger partial charge on any atom is 0.166 e. The van der Waals surface area contributed by atoms with Crippen molar-refractivity contribution in [2.45, 2.75) is 26.3 Å². The number of likely N-dealkylation sites (N-methyl/N-ethyl adjacent to an activating group) is 1. The summed E-state index contributed by atoms with van der Waals surface area (Å²) in [6.07, 6.45) is 0.971. The quantitative estimate of drug-likeness (QED) is 0.505. The van der Waals surface area contributed by atoms with Gasteiger partial charge >= 0.3 is 0 Å². The van der Waals surface area contributed by atoms with Crippen LogP contribution in [0.3, 0.4) is 0 Å². The van der Waals surface area contributed by atoms with Gasteiger partial charge < -0.3 is 20.3 Å². The molecule has 0 aliphatic carbocycles. The van der Waals surface area contributed by atoms with E-state index in [9.17, 15) is 0 Å². The average molecular weight is 261 g/mol. The molecular formula is C12H27N3OS. The maximum absolute atomic E-state index is 5.27. The Bertz CT molecular complexity index is 210. The summed E-state index contributed by atoms with van der Waals surface area (Å²) in [5, 5.41) is 7.30. The second-order valence-corrected chi connectivity index (χ2v) is 5.27. The Hall–Kier alpha value is -0.390. The number of rotatable bonds is 8. The van der Waals surface area contributed by atoms with Gasteiger partial charge in [-0.3, -0.25) is 0 Å². The van der Waals surface area contributed by atoms with Gasteiger partial charge in [-0.2, -0.15) is 0 Å². The fourth-order valence-electron chi connectivity index (χ4n) is 1.45. The standard InChI is InChI=1S/C12H27N3OS/c1-10(2)11(9-15(3)4)14-12(17)13-7-6-8-16-5/h10-11H,6-9H2,1-5H3,(H2,13,14,17). The van der Waals surface area contributed by atoms with Crippen molar-refractivity contribution in [2.24, 2.45) is 5.92 Å². The number of ether oxygens (including phenoxy) is 1. The smallest absolute Gasteiger partial charge is 0.166 e. The molecule has 0 saturated heterocycles. The molecule has 2 N–H and O–H groups in total. The summed E-state index contributed by atoms with van der Waals surface area (Å²) in [5.41, 5.74) is 0. The maximum atomic E-state index is 5.27. The summed E-state index contributed by atoms with van der Waals surface area (Å²) in [7, 11) is 5.86. The molecule has 0 radical (unpaired) electrons. The van der Waals surface area contributed by atoms with Crippen molar-refractivity contribution in [1.29, 1.82) is 0 Å². The van der Waals surface area contributed by atoms with Crippen LogP contribution in [0.1, 0.15) is 20.3 Å². The highest BCUT2D eigenvalue weighted by Crippen LogP contribution is 2.02. The summed E-state index contributed by atoms with van der Waals surface area (Å²) in [4.78, 5) is 2.17. The van der Waals surface area contributed by atoms with Crippen LogP contribution < -0.4 is 10.6 Å². The van der Waals surface area contributed by atoms with Crippen LogP contribution in [0.25, 0.3) is 0 Å². The van der Waals surface area contributed by atoms with Crippen molar-refractivity contribution in [3.63, 3.8) is 0 Å². The van der Waals surface area contributed by atoms with Gasteiger partial charge in [-0.05, 0) is 38.7 Å². The lowest BCUT2D eigenvalue weighted by molar-refractivity contribution is 0.195. The molecule has 0 aliphatic rings. The zero-order chi connectivity index (χ0) is 13.3. The van der Waals surface area contributed by atoms with Gasteiger partial charge in [0.25, 0.3) is 0 Å².